The number of nitrogens with one attached hydrogen (secondary N) is 1. The van der Waals surface area contributed by atoms with Gasteiger partial charge in [0.1, 0.15) is 15.5 Å². The van der Waals surface area contributed by atoms with Gasteiger partial charge in [-0.2, -0.15) is 0 Å². The first kappa shape index (κ1) is 19.3. The van der Waals surface area contributed by atoms with Crippen LogP contribution in [0.15, 0.2) is 23.0 Å². The van der Waals surface area contributed by atoms with Gasteiger partial charge in [-0.25, -0.2) is 9.78 Å². The predicted molar refractivity (Wildman–Crippen MR) is 112 cm³/mol. The van der Waals surface area contributed by atoms with Crippen molar-refractivity contribution >= 4 is 39.1 Å². The third kappa shape index (κ3) is 3.55. The summed E-state index contributed by atoms with van der Waals surface area (Å²) in [6, 6.07) is 5.68. The summed E-state index contributed by atoms with van der Waals surface area (Å²) in [5.74, 6) is -0.274. The molecule has 4 rings (SSSR count). The van der Waals surface area contributed by atoms with Crippen molar-refractivity contribution in [3.63, 3.8) is 0 Å². The summed E-state index contributed by atoms with van der Waals surface area (Å²) in [6.07, 6.45) is 1.67. The molecule has 29 heavy (non-hydrogen) atoms. The maximum Gasteiger partial charge on any atom is 0.349 e. The number of hydrogen-bond donors (Lipinski definition) is 1. The summed E-state index contributed by atoms with van der Waals surface area (Å²) < 4.78 is 6.87. The molecule has 7 nitrogen and oxygen atoms in total. The van der Waals surface area contributed by atoms with Crippen LogP contribution in [0.3, 0.4) is 0 Å². The number of carbonyl (C=O) groups is 2. The van der Waals surface area contributed by atoms with E-state index in [-0.39, 0.29) is 5.56 Å². The maximum atomic E-state index is 12.7. The molecule has 3 aromatic rings. The largest absolute Gasteiger partial charge is 0.451 e. The number of nitrogens with zero attached hydrogens (tertiary/aromatic N) is 2. The molecule has 0 bridgehead atoms. The molecule has 0 radical (unpaired) electrons. The first-order valence-electron chi connectivity index (χ1n) is 9.42. The van der Waals surface area contributed by atoms with E-state index in [4.69, 9.17) is 4.74 Å². The van der Waals surface area contributed by atoms with Crippen LogP contribution in [0, 0.1) is 20.8 Å². The van der Waals surface area contributed by atoms with Crippen LogP contribution in [0.1, 0.15) is 38.6 Å². The number of rotatable bonds is 4. The summed E-state index contributed by atoms with van der Waals surface area (Å²) in [7, 11) is 0. The number of anilines is 1. The van der Waals surface area contributed by atoms with Crippen molar-refractivity contribution in [2.75, 3.05) is 11.9 Å². The fraction of sp³-hybridized carbons (Fsp3) is 0.333. The van der Waals surface area contributed by atoms with Gasteiger partial charge in [0.2, 0.25) is 0 Å². The fourth-order valence-electron chi connectivity index (χ4n) is 3.61. The second kappa shape index (κ2) is 7.44. The van der Waals surface area contributed by atoms with Crippen molar-refractivity contribution < 1.29 is 14.3 Å². The molecule has 2 aromatic heterocycles. The Kier molecular flexibility index (Phi) is 4.96. The average molecular weight is 411 g/mol. The van der Waals surface area contributed by atoms with Crippen LogP contribution in [0.2, 0.25) is 0 Å². The lowest BCUT2D eigenvalue weighted by Crippen LogP contribution is -2.22. The summed E-state index contributed by atoms with van der Waals surface area (Å²) in [6.45, 7) is 5.85. The normalized spacial score (nSPS) is 12.8. The Morgan fingerprint density at radius 1 is 1.28 bits per heavy atom. The molecule has 1 amide bonds. The molecule has 0 fully saturated rings. The van der Waals surface area contributed by atoms with E-state index in [9.17, 15) is 14.4 Å². The van der Waals surface area contributed by atoms with Gasteiger partial charge in [-0.3, -0.25) is 14.2 Å². The van der Waals surface area contributed by atoms with Crippen molar-refractivity contribution in [1.29, 1.82) is 0 Å². The highest BCUT2D eigenvalue weighted by Gasteiger charge is 2.24. The van der Waals surface area contributed by atoms with Gasteiger partial charge < -0.3 is 10.1 Å². The van der Waals surface area contributed by atoms with Crippen LogP contribution < -0.4 is 10.9 Å². The summed E-state index contributed by atoms with van der Waals surface area (Å²) in [5, 5.41) is 3.21. The van der Waals surface area contributed by atoms with Crippen molar-refractivity contribution in [1.82, 2.24) is 9.55 Å². The number of amides is 1. The highest BCUT2D eigenvalue weighted by atomic mass is 32.1. The zero-order chi connectivity index (χ0) is 20.7. The first-order valence-corrected chi connectivity index (χ1v) is 10.2. The van der Waals surface area contributed by atoms with Gasteiger partial charge in [0.05, 0.1) is 5.39 Å². The highest BCUT2D eigenvalue weighted by molar-refractivity contribution is 7.20. The number of ether oxygens (including phenoxy) is 1. The molecule has 0 saturated carbocycles. The van der Waals surface area contributed by atoms with E-state index in [1.54, 1.807) is 11.5 Å². The molecule has 0 spiro atoms. The Morgan fingerprint density at radius 2 is 2.07 bits per heavy atom. The zero-order valence-electron chi connectivity index (χ0n) is 16.5. The molecule has 1 aliphatic rings. The second-order valence-electron chi connectivity index (χ2n) is 7.27. The number of aromatic nitrogens is 2. The molecular formula is C21H21N3O4S. The quantitative estimate of drug-likeness (QED) is 0.666. The summed E-state index contributed by atoms with van der Waals surface area (Å²) in [4.78, 5) is 42.8. The van der Waals surface area contributed by atoms with Gasteiger partial charge >= 0.3 is 5.97 Å². The van der Waals surface area contributed by atoms with Crippen LogP contribution in [0.25, 0.3) is 10.2 Å². The van der Waals surface area contributed by atoms with Crippen molar-refractivity contribution in [3.8, 4) is 0 Å². The van der Waals surface area contributed by atoms with Crippen LogP contribution in [-0.2, 0) is 22.5 Å². The minimum atomic E-state index is -0.620. The van der Waals surface area contributed by atoms with E-state index in [2.05, 4.69) is 10.3 Å². The number of carbonyl (C=O) groups excluding carboxylic acids is 2. The van der Waals surface area contributed by atoms with Crippen molar-refractivity contribution in [2.24, 2.45) is 0 Å². The molecule has 3 heterocycles. The SMILES string of the molecule is Cc1ccc(NC(=O)COC(=O)c2sc3nc4n(c(=O)c3c2C)CCC4)c(C)c1. The summed E-state index contributed by atoms with van der Waals surface area (Å²) >= 11 is 1.14. The Labute approximate surface area is 171 Å². The van der Waals surface area contributed by atoms with E-state index < -0.39 is 18.5 Å². The maximum absolute atomic E-state index is 12.7. The summed E-state index contributed by atoms with van der Waals surface area (Å²) in [5.41, 5.74) is 3.17. The second-order valence-corrected chi connectivity index (χ2v) is 8.27. The Bertz CT molecular complexity index is 1210. The third-order valence-electron chi connectivity index (χ3n) is 5.09. The minimum absolute atomic E-state index is 0.108. The van der Waals surface area contributed by atoms with Gasteiger partial charge in [0, 0.05) is 18.7 Å². The number of thiophene rings is 1. The van der Waals surface area contributed by atoms with Gasteiger partial charge in [-0.05, 0) is 44.4 Å². The number of esters is 1. The van der Waals surface area contributed by atoms with E-state index in [0.29, 0.717) is 32.9 Å². The lowest BCUT2D eigenvalue weighted by molar-refractivity contribution is -0.119. The molecule has 0 unspecified atom stereocenters. The molecule has 8 heteroatoms. The lowest BCUT2D eigenvalue weighted by atomic mass is 10.1. The number of fused-ring (bicyclic) bond motifs is 2. The van der Waals surface area contributed by atoms with E-state index in [0.717, 1.165) is 41.1 Å². The molecule has 1 aliphatic heterocycles. The van der Waals surface area contributed by atoms with Gasteiger partial charge in [-0.1, -0.05) is 17.7 Å². The molecule has 1 aromatic carbocycles. The highest BCUT2D eigenvalue weighted by Crippen LogP contribution is 2.29. The van der Waals surface area contributed by atoms with Gasteiger partial charge in [0.15, 0.2) is 6.61 Å². The molecule has 0 aliphatic carbocycles. The van der Waals surface area contributed by atoms with Crippen molar-refractivity contribution in [3.05, 3.63) is 55.9 Å². The predicted octanol–water partition coefficient (Wildman–Crippen LogP) is 3.12. The Hall–Kier alpha value is -3.00. The number of hydrogen-bond acceptors (Lipinski definition) is 6. The monoisotopic (exact) mass is 411 g/mol. The smallest absolute Gasteiger partial charge is 0.349 e. The Balaban J connectivity index is 1.49. The third-order valence-corrected chi connectivity index (χ3v) is 6.25. The van der Waals surface area contributed by atoms with Crippen molar-refractivity contribution in [2.45, 2.75) is 40.2 Å². The average Bonchev–Trinajstić information content (AvgIpc) is 3.27. The number of aryl methyl sites for hydroxylation is 4. The first-order chi connectivity index (χ1) is 13.8. The molecule has 0 atom stereocenters. The van der Waals surface area contributed by atoms with E-state index >= 15 is 0 Å². The van der Waals surface area contributed by atoms with Gasteiger partial charge in [-0.15, -0.1) is 11.3 Å². The van der Waals surface area contributed by atoms with Crippen LogP contribution in [0.4, 0.5) is 5.69 Å². The number of benzene rings is 1. The van der Waals surface area contributed by atoms with Crippen LogP contribution >= 0.6 is 11.3 Å². The van der Waals surface area contributed by atoms with Crippen LogP contribution in [-0.4, -0.2) is 28.0 Å². The van der Waals surface area contributed by atoms with E-state index in [1.807, 2.05) is 32.0 Å². The van der Waals surface area contributed by atoms with E-state index in [1.165, 1.54) is 0 Å². The van der Waals surface area contributed by atoms with Gasteiger partial charge in [0.25, 0.3) is 11.5 Å². The molecule has 150 valence electrons. The zero-order valence-corrected chi connectivity index (χ0v) is 17.3. The lowest BCUT2D eigenvalue weighted by Gasteiger charge is -2.09. The molecular weight excluding hydrogens is 390 g/mol. The molecule has 0 saturated heterocycles. The fourth-order valence-corrected chi connectivity index (χ4v) is 4.69. The minimum Gasteiger partial charge on any atom is -0.451 e. The standard InChI is InChI=1S/C21H21N3O4S/c1-11-6-7-14(12(2)9-11)22-16(25)10-28-21(27)18-13(3)17-19(29-18)23-15-5-4-8-24(15)20(17)26/h6-7,9H,4-5,8,10H2,1-3H3,(H,22,25). The topological polar surface area (TPSA) is 90.3 Å². The molecule has 1 N–H and O–H groups in total. The van der Waals surface area contributed by atoms with Crippen LogP contribution in [0.5, 0.6) is 0 Å². The Morgan fingerprint density at radius 3 is 2.83 bits per heavy atom.